The minimum absolute atomic E-state index is 0.0276. The van der Waals surface area contributed by atoms with Crippen molar-refractivity contribution in [2.45, 2.75) is 63.8 Å². The lowest BCUT2D eigenvalue weighted by molar-refractivity contribution is -0.137. The van der Waals surface area contributed by atoms with Crippen molar-refractivity contribution in [3.8, 4) is 0 Å². The summed E-state index contributed by atoms with van der Waals surface area (Å²) in [6.07, 6.45) is 8.94. The van der Waals surface area contributed by atoms with E-state index in [9.17, 15) is 33.9 Å². The number of rotatable bonds is 26. The average Bonchev–Trinajstić information content (AvgIpc) is 4.08. The number of carbonyl (C=O) groups excluding carboxylic acids is 6. The third kappa shape index (κ3) is 13.6. The molecule has 0 atom stereocenters. The lowest BCUT2D eigenvalue weighted by Gasteiger charge is -2.29. The number of aliphatic hydroxyl groups excluding tert-OH is 1. The summed E-state index contributed by atoms with van der Waals surface area (Å²) in [6.45, 7) is 6.53. The Morgan fingerprint density at radius 3 is 2.28 bits per heavy atom. The number of amidine groups is 1. The number of hydrogen-bond donors (Lipinski definition) is 4. The van der Waals surface area contributed by atoms with Gasteiger partial charge in [-0.2, -0.15) is 0 Å². The fourth-order valence-corrected chi connectivity index (χ4v) is 7.76. The number of fused-ring (bicyclic) bond motifs is 2. The molecular weight excluding hydrogens is 841 g/mol. The van der Waals surface area contributed by atoms with Crippen LogP contribution in [0.1, 0.15) is 67.8 Å². The van der Waals surface area contributed by atoms with Crippen LogP contribution < -0.4 is 16.4 Å². The molecule has 65 heavy (non-hydrogen) atoms. The number of aliphatic hydroxyl groups is 1. The number of nitrogens with one attached hydrogen (secondary N) is 2. The predicted molar refractivity (Wildman–Crippen MR) is 239 cm³/mol. The van der Waals surface area contributed by atoms with Gasteiger partial charge in [0.25, 0.3) is 11.8 Å². The number of nitrogens with two attached hydrogens (primary N) is 1. The van der Waals surface area contributed by atoms with Crippen LogP contribution >= 0.6 is 0 Å². The van der Waals surface area contributed by atoms with Gasteiger partial charge in [-0.15, -0.1) is 0 Å². The van der Waals surface area contributed by atoms with Gasteiger partial charge in [-0.25, -0.2) is 4.99 Å². The molecule has 19 nitrogen and oxygen atoms in total. The monoisotopic (exact) mass is 900 g/mol. The van der Waals surface area contributed by atoms with Gasteiger partial charge in [0, 0.05) is 87.5 Å². The van der Waals surface area contributed by atoms with Crippen LogP contribution in [0.5, 0.6) is 0 Å². The van der Waals surface area contributed by atoms with Gasteiger partial charge in [-0.05, 0) is 48.6 Å². The highest BCUT2D eigenvalue weighted by molar-refractivity contribution is 6.13. The SMILES string of the molecule is CCCN(CCO)C(=O)C1=Cc2ccc(C3(C(=O)Nc4cnc5c(c4)CN(C(=O)CCOCCOCCOCCOCCNC(=O)CCN4C(=O)C=CC4=O)CC5)CC3)cc2N=C(N)C1. The van der Waals surface area contributed by atoms with E-state index in [1.54, 1.807) is 22.1 Å². The Labute approximate surface area is 378 Å². The molecular formula is C46H60N8O11. The first kappa shape index (κ1) is 48.6. The van der Waals surface area contributed by atoms with Gasteiger partial charge < -0.3 is 50.2 Å². The molecule has 1 saturated carbocycles. The van der Waals surface area contributed by atoms with Crippen molar-refractivity contribution >= 4 is 58.7 Å². The zero-order chi connectivity index (χ0) is 46.2. The average molecular weight is 901 g/mol. The topological polar surface area (TPSA) is 245 Å². The molecule has 5 N–H and O–H groups in total. The zero-order valence-electron chi connectivity index (χ0n) is 37.0. The Morgan fingerprint density at radius 2 is 1.60 bits per heavy atom. The summed E-state index contributed by atoms with van der Waals surface area (Å²) >= 11 is 0. The molecule has 2 aromatic rings. The first-order chi connectivity index (χ1) is 31.5. The molecule has 0 spiro atoms. The number of imide groups is 1. The summed E-state index contributed by atoms with van der Waals surface area (Å²) < 4.78 is 22.1. The van der Waals surface area contributed by atoms with E-state index in [1.807, 2.05) is 31.2 Å². The van der Waals surface area contributed by atoms with Crippen molar-refractivity contribution in [1.82, 2.24) is 25.0 Å². The van der Waals surface area contributed by atoms with Crippen LogP contribution in [0.15, 0.2) is 53.2 Å². The number of ether oxygens (including phenoxy) is 4. The fourth-order valence-electron chi connectivity index (χ4n) is 7.76. The maximum atomic E-state index is 13.9. The van der Waals surface area contributed by atoms with E-state index in [0.717, 1.165) is 33.7 Å². The minimum atomic E-state index is -0.742. The Hall–Kier alpha value is -5.86. The summed E-state index contributed by atoms with van der Waals surface area (Å²) in [5, 5.41) is 15.2. The standard InChI is InChI=1S/C46H60N8O11/c1-2-13-52(16-17-55)44(60)33-26-32-3-4-35(29-38(32)51-39(47)28-33)46(10-11-46)45(61)50-36-27-34-31-53(14-7-37(34)49-30-36)41(57)9-18-62-20-22-64-24-25-65-23-21-63-19-12-48-40(56)8-15-54-42(58)5-6-43(54)59/h3-6,26-27,29-30,55H,2,7-25,28,31H2,1H3,(H2,47,51)(H,48,56)(H,50,61). The first-order valence-electron chi connectivity index (χ1n) is 22.3. The van der Waals surface area contributed by atoms with Crippen LogP contribution in [-0.4, -0.2) is 158 Å². The molecule has 350 valence electrons. The number of amides is 6. The Bertz CT molecular complexity index is 2130. The number of pyridine rings is 1. The van der Waals surface area contributed by atoms with Gasteiger partial charge in [-0.3, -0.25) is 38.7 Å². The molecule has 1 fully saturated rings. The molecule has 0 radical (unpaired) electrons. The second kappa shape index (κ2) is 23.9. The van der Waals surface area contributed by atoms with E-state index in [0.29, 0.717) is 114 Å². The number of carbonyl (C=O) groups is 6. The lowest BCUT2D eigenvalue weighted by Crippen LogP contribution is -2.37. The van der Waals surface area contributed by atoms with Crippen molar-refractivity contribution < 1.29 is 52.8 Å². The maximum absolute atomic E-state index is 13.9. The number of aliphatic imine (C=N–C) groups is 1. The summed E-state index contributed by atoms with van der Waals surface area (Å²) in [4.78, 5) is 88.9. The van der Waals surface area contributed by atoms with E-state index in [-0.39, 0.29) is 69.2 Å². The van der Waals surface area contributed by atoms with E-state index >= 15 is 0 Å². The first-order valence-corrected chi connectivity index (χ1v) is 22.3. The summed E-state index contributed by atoms with van der Waals surface area (Å²) in [6, 6.07) is 7.55. The van der Waals surface area contributed by atoms with Crippen LogP contribution in [0.25, 0.3) is 6.08 Å². The Balaban J connectivity index is 0.844. The molecule has 4 heterocycles. The maximum Gasteiger partial charge on any atom is 0.253 e. The number of nitrogens with zero attached hydrogens (tertiary/aromatic N) is 5. The van der Waals surface area contributed by atoms with Gasteiger partial charge in [-0.1, -0.05) is 19.1 Å². The molecule has 1 aliphatic carbocycles. The van der Waals surface area contributed by atoms with E-state index < -0.39 is 17.2 Å². The van der Waals surface area contributed by atoms with Crippen molar-refractivity contribution in [1.29, 1.82) is 0 Å². The van der Waals surface area contributed by atoms with Crippen LogP contribution in [0.4, 0.5) is 11.4 Å². The molecule has 1 aromatic heterocycles. The molecule has 6 amide bonds. The van der Waals surface area contributed by atoms with E-state index in [1.165, 1.54) is 12.2 Å². The summed E-state index contributed by atoms with van der Waals surface area (Å²) in [5.41, 5.74) is 10.5. The van der Waals surface area contributed by atoms with Crippen LogP contribution in [-0.2, 0) is 66.1 Å². The number of anilines is 1. The van der Waals surface area contributed by atoms with E-state index in [4.69, 9.17) is 24.7 Å². The van der Waals surface area contributed by atoms with Crippen LogP contribution in [0.3, 0.4) is 0 Å². The Morgan fingerprint density at radius 1 is 0.908 bits per heavy atom. The summed E-state index contributed by atoms with van der Waals surface area (Å²) in [5.74, 6) is -1.18. The second-order valence-corrected chi connectivity index (χ2v) is 16.1. The molecule has 4 aliphatic rings. The third-order valence-corrected chi connectivity index (χ3v) is 11.4. The Kier molecular flexibility index (Phi) is 17.9. The predicted octanol–water partition coefficient (Wildman–Crippen LogP) is 1.53. The normalized spacial score (nSPS) is 16.0. The highest BCUT2D eigenvalue weighted by Crippen LogP contribution is 2.50. The molecule has 0 unspecified atom stereocenters. The smallest absolute Gasteiger partial charge is 0.253 e. The van der Waals surface area contributed by atoms with Crippen molar-refractivity contribution in [3.63, 3.8) is 0 Å². The van der Waals surface area contributed by atoms with E-state index in [2.05, 4.69) is 20.6 Å². The number of hydrogen-bond acceptors (Lipinski definition) is 14. The minimum Gasteiger partial charge on any atom is -0.395 e. The molecule has 19 heteroatoms. The quantitative estimate of drug-likeness (QED) is 0.0775. The van der Waals surface area contributed by atoms with Crippen molar-refractivity contribution in [2.75, 3.05) is 97.5 Å². The molecule has 3 aliphatic heterocycles. The van der Waals surface area contributed by atoms with Crippen molar-refractivity contribution in [3.05, 3.63) is 70.6 Å². The molecule has 0 saturated heterocycles. The van der Waals surface area contributed by atoms with Crippen LogP contribution in [0, 0.1) is 0 Å². The number of benzene rings is 1. The molecule has 0 bridgehead atoms. The largest absolute Gasteiger partial charge is 0.395 e. The van der Waals surface area contributed by atoms with Gasteiger partial charge in [0.05, 0.1) is 88.9 Å². The third-order valence-electron chi connectivity index (χ3n) is 11.4. The fraction of sp³-hybridized carbons (Fsp3) is 0.522. The molecule has 6 rings (SSSR count). The summed E-state index contributed by atoms with van der Waals surface area (Å²) in [7, 11) is 0. The van der Waals surface area contributed by atoms with Crippen molar-refractivity contribution in [2.24, 2.45) is 10.7 Å². The highest BCUT2D eigenvalue weighted by Gasteiger charge is 2.51. The van der Waals surface area contributed by atoms with Gasteiger partial charge in [0.1, 0.15) is 5.84 Å². The molecule has 1 aromatic carbocycles. The lowest BCUT2D eigenvalue weighted by atomic mass is 9.92. The number of aromatic nitrogens is 1. The van der Waals surface area contributed by atoms with Crippen LogP contribution in [0.2, 0.25) is 0 Å². The zero-order valence-corrected chi connectivity index (χ0v) is 37.0. The van der Waals surface area contributed by atoms with Gasteiger partial charge in [0.15, 0.2) is 0 Å². The highest BCUT2D eigenvalue weighted by atomic mass is 16.6. The van der Waals surface area contributed by atoms with Gasteiger partial charge in [0.2, 0.25) is 23.6 Å². The van der Waals surface area contributed by atoms with Gasteiger partial charge >= 0.3 is 0 Å². The second-order valence-electron chi connectivity index (χ2n) is 16.1.